The Balaban J connectivity index is 1.64. The average molecular weight is 337 g/mol. The molecular weight excluding hydrogens is 314 g/mol. The van der Waals surface area contributed by atoms with Gasteiger partial charge >= 0.3 is 6.03 Å². The number of urea groups is 1. The van der Waals surface area contributed by atoms with E-state index in [9.17, 15) is 9.59 Å². The number of amides is 3. The summed E-state index contributed by atoms with van der Waals surface area (Å²) in [6.07, 6.45) is 1.51. The summed E-state index contributed by atoms with van der Waals surface area (Å²) < 4.78 is 0. The highest BCUT2D eigenvalue weighted by atomic mass is 16.2. The highest BCUT2D eigenvalue weighted by molar-refractivity contribution is 5.99. The van der Waals surface area contributed by atoms with Gasteiger partial charge in [-0.05, 0) is 51.0 Å². The molecule has 0 aliphatic carbocycles. The number of nitrogens with one attached hydrogen (secondary N) is 2. The molecule has 1 heterocycles. The number of rotatable bonds is 3. The van der Waals surface area contributed by atoms with Crippen LogP contribution in [-0.4, -0.2) is 29.4 Å². The van der Waals surface area contributed by atoms with Crippen molar-refractivity contribution in [3.63, 3.8) is 0 Å². The Bertz CT molecular complexity index is 688. The third kappa shape index (κ3) is 4.18. The molecule has 0 spiro atoms. The van der Waals surface area contributed by atoms with Gasteiger partial charge in [-0.15, -0.1) is 0 Å². The smallest absolute Gasteiger partial charge is 0.322 e. The average Bonchev–Trinajstić information content (AvgIpc) is 3.09. The first-order valence-corrected chi connectivity index (χ1v) is 8.55. The van der Waals surface area contributed by atoms with Crippen molar-refractivity contribution in [2.75, 3.05) is 17.2 Å². The maximum atomic E-state index is 12.6. The Morgan fingerprint density at radius 3 is 1.96 bits per heavy atom. The minimum atomic E-state index is -0.438. The van der Waals surface area contributed by atoms with E-state index in [4.69, 9.17) is 0 Å². The second-order valence-corrected chi connectivity index (χ2v) is 6.50. The van der Waals surface area contributed by atoms with Crippen LogP contribution >= 0.6 is 0 Å². The summed E-state index contributed by atoms with van der Waals surface area (Å²) in [4.78, 5) is 26.7. The van der Waals surface area contributed by atoms with Crippen LogP contribution in [0.4, 0.5) is 16.2 Å². The summed E-state index contributed by atoms with van der Waals surface area (Å²) in [5.41, 5.74) is 3.76. The van der Waals surface area contributed by atoms with Crippen molar-refractivity contribution in [1.29, 1.82) is 0 Å². The molecular formula is C20H23N3O2. The fourth-order valence-corrected chi connectivity index (χ4v) is 2.98. The van der Waals surface area contributed by atoms with Gasteiger partial charge in [0.25, 0.3) is 0 Å². The predicted molar refractivity (Wildman–Crippen MR) is 99.7 cm³/mol. The lowest BCUT2D eigenvalue weighted by Gasteiger charge is -2.24. The third-order valence-electron chi connectivity index (χ3n) is 4.44. The van der Waals surface area contributed by atoms with Crippen molar-refractivity contribution in [2.45, 2.75) is 32.7 Å². The van der Waals surface area contributed by atoms with Gasteiger partial charge in [-0.2, -0.15) is 0 Å². The zero-order valence-corrected chi connectivity index (χ0v) is 14.6. The first-order chi connectivity index (χ1) is 12.0. The molecule has 25 heavy (non-hydrogen) atoms. The van der Waals surface area contributed by atoms with Gasteiger partial charge < -0.3 is 15.5 Å². The Labute approximate surface area is 148 Å². The summed E-state index contributed by atoms with van der Waals surface area (Å²) in [5, 5.41) is 5.78. The van der Waals surface area contributed by atoms with Gasteiger partial charge in [-0.3, -0.25) is 4.79 Å². The van der Waals surface area contributed by atoms with Crippen molar-refractivity contribution in [3.8, 4) is 0 Å². The van der Waals surface area contributed by atoms with E-state index < -0.39 is 6.04 Å². The second-order valence-electron chi connectivity index (χ2n) is 6.50. The molecule has 2 N–H and O–H groups in total. The molecule has 0 bridgehead atoms. The predicted octanol–water partition coefficient (Wildman–Crippen LogP) is 3.94. The maximum Gasteiger partial charge on any atom is 0.322 e. The Kier molecular flexibility index (Phi) is 5.03. The van der Waals surface area contributed by atoms with E-state index in [0.29, 0.717) is 13.0 Å². The summed E-state index contributed by atoms with van der Waals surface area (Å²) in [6.45, 7) is 4.58. The molecule has 130 valence electrons. The quantitative estimate of drug-likeness (QED) is 0.891. The number of carbonyl (C=O) groups excluding carboxylic acids is 2. The summed E-state index contributed by atoms with van der Waals surface area (Å²) in [7, 11) is 0. The molecule has 0 aromatic heterocycles. The number of benzene rings is 2. The maximum absolute atomic E-state index is 12.6. The number of likely N-dealkylation sites (tertiary alicyclic amines) is 1. The van der Waals surface area contributed by atoms with Crippen LogP contribution in [0.15, 0.2) is 48.5 Å². The minimum Gasteiger partial charge on any atom is -0.324 e. The van der Waals surface area contributed by atoms with Crippen LogP contribution in [0, 0.1) is 13.8 Å². The van der Waals surface area contributed by atoms with Crippen LogP contribution in [0.5, 0.6) is 0 Å². The summed E-state index contributed by atoms with van der Waals surface area (Å²) in [6, 6.07) is 14.6. The van der Waals surface area contributed by atoms with Gasteiger partial charge in [-0.1, -0.05) is 35.4 Å². The lowest BCUT2D eigenvalue weighted by Crippen LogP contribution is -2.45. The van der Waals surface area contributed by atoms with E-state index in [0.717, 1.165) is 28.9 Å². The molecule has 1 saturated heterocycles. The fourth-order valence-electron chi connectivity index (χ4n) is 2.98. The highest BCUT2D eigenvalue weighted by Gasteiger charge is 2.34. The lowest BCUT2D eigenvalue weighted by molar-refractivity contribution is -0.119. The van der Waals surface area contributed by atoms with E-state index >= 15 is 0 Å². The Morgan fingerprint density at radius 1 is 0.880 bits per heavy atom. The van der Waals surface area contributed by atoms with Crippen LogP contribution in [0.2, 0.25) is 0 Å². The first-order valence-electron chi connectivity index (χ1n) is 8.55. The number of hydrogen-bond acceptors (Lipinski definition) is 2. The topological polar surface area (TPSA) is 61.4 Å². The number of hydrogen-bond donors (Lipinski definition) is 2. The van der Waals surface area contributed by atoms with Crippen LogP contribution in [0.1, 0.15) is 24.0 Å². The lowest BCUT2D eigenvalue weighted by atomic mass is 10.2. The van der Waals surface area contributed by atoms with Crippen LogP contribution < -0.4 is 10.6 Å². The van der Waals surface area contributed by atoms with Crippen molar-refractivity contribution < 1.29 is 9.59 Å². The molecule has 1 aliphatic rings. The van der Waals surface area contributed by atoms with Crippen molar-refractivity contribution >= 4 is 23.3 Å². The standard InChI is InChI=1S/C20H23N3O2/c1-14-5-9-16(10-6-14)21-19(24)18-4-3-13-23(18)20(25)22-17-11-7-15(2)8-12-17/h5-12,18H,3-4,13H2,1-2H3,(H,21,24)(H,22,25). The van der Waals surface area contributed by atoms with Crippen LogP contribution in [-0.2, 0) is 4.79 Å². The minimum absolute atomic E-state index is 0.139. The Morgan fingerprint density at radius 2 is 1.40 bits per heavy atom. The first kappa shape index (κ1) is 17.0. The molecule has 1 atom stereocenters. The number of aryl methyl sites for hydroxylation is 2. The van der Waals surface area contributed by atoms with Gasteiger partial charge in [-0.25, -0.2) is 4.79 Å². The highest BCUT2D eigenvalue weighted by Crippen LogP contribution is 2.21. The normalized spacial score (nSPS) is 16.6. The van der Waals surface area contributed by atoms with E-state index in [2.05, 4.69) is 10.6 Å². The van der Waals surface area contributed by atoms with E-state index in [1.54, 1.807) is 4.90 Å². The second kappa shape index (κ2) is 7.38. The number of carbonyl (C=O) groups is 2. The molecule has 0 saturated carbocycles. The SMILES string of the molecule is Cc1ccc(NC(=O)C2CCCN2C(=O)Nc2ccc(C)cc2)cc1. The molecule has 5 heteroatoms. The fraction of sp³-hybridized carbons (Fsp3) is 0.300. The van der Waals surface area contributed by atoms with Gasteiger partial charge in [0.15, 0.2) is 0 Å². The van der Waals surface area contributed by atoms with Crippen molar-refractivity contribution in [1.82, 2.24) is 4.90 Å². The van der Waals surface area contributed by atoms with E-state index in [1.165, 1.54) is 0 Å². The van der Waals surface area contributed by atoms with Crippen LogP contribution in [0.25, 0.3) is 0 Å². The Hall–Kier alpha value is -2.82. The molecule has 3 rings (SSSR count). The summed E-state index contributed by atoms with van der Waals surface area (Å²) in [5.74, 6) is -0.139. The van der Waals surface area contributed by atoms with Crippen molar-refractivity contribution in [2.24, 2.45) is 0 Å². The zero-order chi connectivity index (χ0) is 17.8. The molecule has 5 nitrogen and oxygen atoms in total. The third-order valence-corrected chi connectivity index (χ3v) is 4.44. The summed E-state index contributed by atoms with van der Waals surface area (Å²) >= 11 is 0. The van der Waals surface area contributed by atoms with E-state index in [1.807, 2.05) is 62.4 Å². The van der Waals surface area contributed by atoms with Gasteiger partial charge in [0.1, 0.15) is 6.04 Å². The van der Waals surface area contributed by atoms with E-state index in [-0.39, 0.29) is 11.9 Å². The number of nitrogens with zero attached hydrogens (tertiary/aromatic N) is 1. The van der Waals surface area contributed by atoms with Gasteiger partial charge in [0.05, 0.1) is 0 Å². The molecule has 1 unspecified atom stereocenters. The van der Waals surface area contributed by atoms with Crippen molar-refractivity contribution in [3.05, 3.63) is 59.7 Å². The monoisotopic (exact) mass is 337 g/mol. The molecule has 2 aromatic carbocycles. The molecule has 3 amide bonds. The largest absolute Gasteiger partial charge is 0.324 e. The van der Waals surface area contributed by atoms with Crippen LogP contribution in [0.3, 0.4) is 0 Å². The van der Waals surface area contributed by atoms with Gasteiger partial charge in [0.2, 0.25) is 5.91 Å². The molecule has 2 aromatic rings. The number of anilines is 2. The molecule has 0 radical (unpaired) electrons. The molecule has 1 aliphatic heterocycles. The molecule has 1 fully saturated rings. The zero-order valence-electron chi connectivity index (χ0n) is 14.6. The van der Waals surface area contributed by atoms with Gasteiger partial charge in [0, 0.05) is 17.9 Å².